The molecule has 0 N–H and O–H groups in total. The van der Waals surface area contributed by atoms with Gasteiger partial charge in [-0.1, -0.05) is 36.4 Å². The lowest BCUT2D eigenvalue weighted by Crippen LogP contribution is -2.08. The minimum atomic E-state index is -0.227. The molecule has 0 aliphatic carbocycles. The Morgan fingerprint density at radius 3 is 2.50 bits per heavy atom. The number of halogens is 1. The third-order valence-electron chi connectivity index (χ3n) is 2.81. The second kappa shape index (κ2) is 7.28. The Balaban J connectivity index is 1.90. The Labute approximate surface area is 132 Å². The number of hydrogen-bond donors (Lipinski definition) is 0. The Morgan fingerprint density at radius 2 is 1.85 bits per heavy atom. The van der Waals surface area contributed by atoms with E-state index in [1.54, 1.807) is 7.11 Å². The van der Waals surface area contributed by atoms with Crippen LogP contribution >= 0.6 is 22.6 Å². The Kier molecular flexibility index (Phi) is 5.40. The standard InChI is InChI=1S/C16H15IO3/c1-19-15-8-7-13(9-14(15)17)10-16(18)20-11-12-5-3-2-4-6-12/h2-9H,10-11H2,1H3. The molecule has 2 rings (SSSR count). The summed E-state index contributed by atoms with van der Waals surface area (Å²) in [6, 6.07) is 15.3. The van der Waals surface area contributed by atoms with Gasteiger partial charge in [0.05, 0.1) is 17.1 Å². The van der Waals surface area contributed by atoms with E-state index in [-0.39, 0.29) is 12.4 Å². The van der Waals surface area contributed by atoms with Crippen LogP contribution < -0.4 is 4.74 Å². The fraction of sp³-hybridized carbons (Fsp3) is 0.188. The van der Waals surface area contributed by atoms with Gasteiger partial charge in [-0.2, -0.15) is 0 Å². The minimum Gasteiger partial charge on any atom is -0.496 e. The molecule has 0 amide bonds. The van der Waals surface area contributed by atoms with Crippen molar-refractivity contribution in [1.29, 1.82) is 0 Å². The normalized spacial score (nSPS) is 10.1. The summed E-state index contributed by atoms with van der Waals surface area (Å²) in [5, 5.41) is 0. The molecule has 0 aliphatic heterocycles. The van der Waals surface area contributed by atoms with Crippen LogP contribution in [0.15, 0.2) is 48.5 Å². The second-order valence-corrected chi connectivity index (χ2v) is 5.45. The van der Waals surface area contributed by atoms with Crippen molar-refractivity contribution in [3.05, 3.63) is 63.2 Å². The average Bonchev–Trinajstić information content (AvgIpc) is 2.46. The molecule has 0 fully saturated rings. The number of rotatable bonds is 5. The molecule has 0 unspecified atom stereocenters. The Morgan fingerprint density at radius 1 is 1.10 bits per heavy atom. The first kappa shape index (κ1) is 14.8. The summed E-state index contributed by atoms with van der Waals surface area (Å²) < 4.78 is 11.4. The highest BCUT2D eigenvalue weighted by atomic mass is 127. The maximum Gasteiger partial charge on any atom is 0.310 e. The van der Waals surface area contributed by atoms with E-state index in [4.69, 9.17) is 9.47 Å². The Bertz CT molecular complexity index is 582. The predicted octanol–water partition coefficient (Wildman–Crippen LogP) is 3.59. The zero-order chi connectivity index (χ0) is 14.4. The molecule has 0 bridgehead atoms. The molecular weight excluding hydrogens is 367 g/mol. The van der Waals surface area contributed by atoms with Crippen LogP contribution in [0.4, 0.5) is 0 Å². The molecule has 0 spiro atoms. The SMILES string of the molecule is COc1ccc(CC(=O)OCc2ccccc2)cc1I. The molecule has 3 nitrogen and oxygen atoms in total. The van der Waals surface area contributed by atoms with Gasteiger partial charge in [0, 0.05) is 0 Å². The van der Waals surface area contributed by atoms with E-state index in [0.717, 1.165) is 20.4 Å². The van der Waals surface area contributed by atoms with Crippen molar-refractivity contribution in [3.8, 4) is 5.75 Å². The summed E-state index contributed by atoms with van der Waals surface area (Å²) in [4.78, 5) is 11.8. The lowest BCUT2D eigenvalue weighted by atomic mass is 10.1. The van der Waals surface area contributed by atoms with Crippen LogP contribution in [0.3, 0.4) is 0 Å². The van der Waals surface area contributed by atoms with E-state index in [2.05, 4.69) is 22.6 Å². The number of esters is 1. The van der Waals surface area contributed by atoms with Crippen LogP contribution in [0, 0.1) is 3.57 Å². The number of hydrogen-bond acceptors (Lipinski definition) is 3. The number of carbonyl (C=O) groups excluding carboxylic acids is 1. The van der Waals surface area contributed by atoms with Gasteiger partial charge in [0.25, 0.3) is 0 Å². The first-order valence-corrected chi connectivity index (χ1v) is 7.29. The van der Waals surface area contributed by atoms with Crippen molar-refractivity contribution < 1.29 is 14.3 Å². The van der Waals surface area contributed by atoms with Crippen molar-refractivity contribution >= 4 is 28.6 Å². The van der Waals surface area contributed by atoms with Gasteiger partial charge in [-0.15, -0.1) is 0 Å². The fourth-order valence-electron chi connectivity index (χ4n) is 1.78. The van der Waals surface area contributed by atoms with E-state index >= 15 is 0 Å². The van der Waals surface area contributed by atoms with E-state index in [1.165, 1.54) is 0 Å². The first-order valence-electron chi connectivity index (χ1n) is 6.21. The molecule has 2 aromatic carbocycles. The second-order valence-electron chi connectivity index (χ2n) is 4.29. The van der Waals surface area contributed by atoms with Crippen LogP contribution in [0.25, 0.3) is 0 Å². The lowest BCUT2D eigenvalue weighted by Gasteiger charge is -2.07. The maximum absolute atomic E-state index is 11.8. The zero-order valence-electron chi connectivity index (χ0n) is 11.1. The van der Waals surface area contributed by atoms with Gasteiger partial charge in [0.1, 0.15) is 12.4 Å². The molecule has 0 aliphatic rings. The molecular formula is C16H15IO3. The van der Waals surface area contributed by atoms with Gasteiger partial charge >= 0.3 is 5.97 Å². The smallest absolute Gasteiger partial charge is 0.310 e. The molecule has 2 aromatic rings. The maximum atomic E-state index is 11.8. The number of benzene rings is 2. The van der Waals surface area contributed by atoms with Crippen LogP contribution in [0.5, 0.6) is 5.75 Å². The highest BCUT2D eigenvalue weighted by Crippen LogP contribution is 2.21. The van der Waals surface area contributed by atoms with Crippen molar-refractivity contribution in [2.24, 2.45) is 0 Å². The first-order chi connectivity index (χ1) is 9.69. The molecule has 0 saturated heterocycles. The van der Waals surface area contributed by atoms with Gasteiger partial charge in [0.15, 0.2) is 0 Å². The molecule has 104 valence electrons. The molecule has 20 heavy (non-hydrogen) atoms. The zero-order valence-corrected chi connectivity index (χ0v) is 13.3. The molecule has 4 heteroatoms. The van der Waals surface area contributed by atoms with Crippen molar-refractivity contribution in [3.63, 3.8) is 0 Å². The van der Waals surface area contributed by atoms with Crippen molar-refractivity contribution in [2.45, 2.75) is 13.0 Å². The molecule has 0 heterocycles. The average molecular weight is 382 g/mol. The van der Waals surface area contributed by atoms with Crippen LogP contribution in [-0.4, -0.2) is 13.1 Å². The molecule has 0 radical (unpaired) electrons. The number of methoxy groups -OCH3 is 1. The van der Waals surface area contributed by atoms with Gasteiger partial charge < -0.3 is 9.47 Å². The van der Waals surface area contributed by atoms with Gasteiger partial charge in [-0.05, 0) is 45.9 Å². The number of ether oxygens (including phenoxy) is 2. The lowest BCUT2D eigenvalue weighted by molar-refractivity contribution is -0.144. The van der Waals surface area contributed by atoms with E-state index < -0.39 is 0 Å². The van der Waals surface area contributed by atoms with Gasteiger partial charge in [0.2, 0.25) is 0 Å². The van der Waals surface area contributed by atoms with E-state index in [0.29, 0.717) is 6.61 Å². The largest absolute Gasteiger partial charge is 0.496 e. The van der Waals surface area contributed by atoms with Gasteiger partial charge in [-0.25, -0.2) is 0 Å². The van der Waals surface area contributed by atoms with Crippen LogP contribution in [0.1, 0.15) is 11.1 Å². The van der Waals surface area contributed by atoms with Crippen LogP contribution in [0.2, 0.25) is 0 Å². The summed E-state index contributed by atoms with van der Waals surface area (Å²) in [5.41, 5.74) is 1.92. The highest BCUT2D eigenvalue weighted by Gasteiger charge is 2.07. The summed E-state index contributed by atoms with van der Waals surface area (Å²) in [5.74, 6) is 0.585. The van der Waals surface area contributed by atoms with E-state index in [9.17, 15) is 4.79 Å². The molecule has 0 atom stereocenters. The monoisotopic (exact) mass is 382 g/mol. The fourth-order valence-corrected chi connectivity index (χ4v) is 2.58. The van der Waals surface area contributed by atoms with Gasteiger partial charge in [-0.3, -0.25) is 4.79 Å². The van der Waals surface area contributed by atoms with Crippen molar-refractivity contribution in [1.82, 2.24) is 0 Å². The summed E-state index contributed by atoms with van der Waals surface area (Å²) in [6.45, 7) is 0.312. The summed E-state index contributed by atoms with van der Waals surface area (Å²) >= 11 is 2.19. The highest BCUT2D eigenvalue weighted by molar-refractivity contribution is 14.1. The molecule has 0 saturated carbocycles. The number of carbonyl (C=O) groups is 1. The summed E-state index contributed by atoms with van der Waals surface area (Å²) in [7, 11) is 1.63. The molecule has 0 aromatic heterocycles. The Hall–Kier alpha value is -1.56. The third kappa shape index (κ3) is 4.23. The summed E-state index contributed by atoms with van der Waals surface area (Å²) in [6.07, 6.45) is 0.271. The predicted molar refractivity (Wildman–Crippen MR) is 85.7 cm³/mol. The van der Waals surface area contributed by atoms with Crippen LogP contribution in [-0.2, 0) is 22.6 Å². The topological polar surface area (TPSA) is 35.5 Å². The van der Waals surface area contributed by atoms with E-state index in [1.807, 2.05) is 48.5 Å². The van der Waals surface area contributed by atoms with Crippen molar-refractivity contribution in [2.75, 3.05) is 7.11 Å². The third-order valence-corrected chi connectivity index (χ3v) is 3.65. The minimum absolute atomic E-state index is 0.227. The quantitative estimate of drug-likeness (QED) is 0.586.